The summed E-state index contributed by atoms with van der Waals surface area (Å²) in [5.41, 5.74) is 0.784. The molecule has 1 heterocycles. The van der Waals surface area contributed by atoms with Gasteiger partial charge in [0.1, 0.15) is 11.5 Å². The molecule has 0 saturated carbocycles. The third kappa shape index (κ3) is 5.13. The van der Waals surface area contributed by atoms with E-state index in [9.17, 15) is 13.2 Å². The average Bonchev–Trinajstić information content (AvgIpc) is 3.06. The lowest BCUT2D eigenvalue weighted by Crippen LogP contribution is -2.29. The molecule has 0 aliphatic heterocycles. The number of amides is 1. The summed E-state index contributed by atoms with van der Waals surface area (Å²) in [6, 6.07) is 10.3. The Hall–Kier alpha value is -2.28. The minimum Gasteiger partial charge on any atom is -0.467 e. The first kappa shape index (κ1) is 18.1. The van der Waals surface area contributed by atoms with Crippen LogP contribution in [0.5, 0.6) is 5.75 Å². The molecule has 0 aliphatic rings. The van der Waals surface area contributed by atoms with E-state index in [-0.39, 0.29) is 17.4 Å². The smallest absolute Gasteiger partial charge is 0.308 e. The summed E-state index contributed by atoms with van der Waals surface area (Å²) < 4.78 is 33.5. The largest absolute Gasteiger partial charge is 0.467 e. The molecule has 1 aromatic carbocycles. The maximum absolute atomic E-state index is 12.2. The van der Waals surface area contributed by atoms with Crippen LogP contribution in [-0.4, -0.2) is 25.0 Å². The Morgan fingerprint density at radius 2 is 1.96 bits per heavy atom. The maximum atomic E-state index is 12.2. The number of furan rings is 1. The minimum atomic E-state index is -3.58. The van der Waals surface area contributed by atoms with Crippen LogP contribution in [0.25, 0.3) is 0 Å². The average molecular weight is 351 g/mol. The molecule has 2 aromatic rings. The highest BCUT2D eigenvalue weighted by atomic mass is 32.2. The number of benzene rings is 1. The highest BCUT2D eigenvalue weighted by Gasteiger charge is 2.15. The molecule has 1 amide bonds. The summed E-state index contributed by atoms with van der Waals surface area (Å²) in [6.07, 6.45) is 1.94. The molecule has 0 N–H and O–H groups in total. The monoisotopic (exact) mass is 351 g/mol. The van der Waals surface area contributed by atoms with E-state index in [0.29, 0.717) is 25.3 Å². The fourth-order valence-electron chi connectivity index (χ4n) is 2.17. The van der Waals surface area contributed by atoms with Crippen molar-refractivity contribution < 1.29 is 21.8 Å². The summed E-state index contributed by atoms with van der Waals surface area (Å²) >= 11 is 0. The van der Waals surface area contributed by atoms with Crippen molar-refractivity contribution in [3.8, 4) is 5.75 Å². The van der Waals surface area contributed by atoms with Gasteiger partial charge in [0.05, 0.1) is 18.6 Å². The van der Waals surface area contributed by atoms with Crippen LogP contribution in [0.1, 0.15) is 31.6 Å². The van der Waals surface area contributed by atoms with Gasteiger partial charge in [-0.1, -0.05) is 19.1 Å². The van der Waals surface area contributed by atoms with Crippen LogP contribution in [0.4, 0.5) is 0 Å². The predicted octanol–water partition coefficient (Wildman–Crippen LogP) is 2.95. The van der Waals surface area contributed by atoms with E-state index in [1.54, 1.807) is 42.4 Å². The quantitative estimate of drug-likeness (QED) is 0.683. The van der Waals surface area contributed by atoms with Gasteiger partial charge in [0.2, 0.25) is 5.91 Å². The SMILES string of the molecule is CCC(=O)N(Cc1cccc(OS(=O)(=O)CC)c1)Cc1ccco1. The van der Waals surface area contributed by atoms with E-state index < -0.39 is 10.1 Å². The molecule has 6 nitrogen and oxygen atoms in total. The minimum absolute atomic E-state index is 0.0149. The van der Waals surface area contributed by atoms with Crippen LogP contribution >= 0.6 is 0 Å². The first-order valence-electron chi connectivity index (χ1n) is 7.74. The van der Waals surface area contributed by atoms with Crippen LogP contribution in [0.3, 0.4) is 0 Å². The highest BCUT2D eigenvalue weighted by Crippen LogP contribution is 2.18. The van der Waals surface area contributed by atoms with Crippen molar-refractivity contribution in [3.05, 3.63) is 54.0 Å². The van der Waals surface area contributed by atoms with Crippen LogP contribution in [0.2, 0.25) is 0 Å². The normalized spacial score (nSPS) is 11.2. The van der Waals surface area contributed by atoms with E-state index in [1.807, 2.05) is 12.1 Å². The fraction of sp³-hybridized carbons (Fsp3) is 0.353. The van der Waals surface area contributed by atoms with Gasteiger partial charge in [-0.3, -0.25) is 4.79 Å². The van der Waals surface area contributed by atoms with Gasteiger partial charge < -0.3 is 13.5 Å². The van der Waals surface area contributed by atoms with Crippen LogP contribution < -0.4 is 4.18 Å². The topological polar surface area (TPSA) is 76.8 Å². The van der Waals surface area contributed by atoms with Crippen molar-refractivity contribution in [3.63, 3.8) is 0 Å². The Morgan fingerprint density at radius 3 is 2.58 bits per heavy atom. The lowest BCUT2D eigenvalue weighted by molar-refractivity contribution is -0.132. The van der Waals surface area contributed by atoms with Crippen molar-refractivity contribution in [1.82, 2.24) is 4.90 Å². The number of carbonyl (C=O) groups is 1. The van der Waals surface area contributed by atoms with Crippen molar-refractivity contribution in [1.29, 1.82) is 0 Å². The lowest BCUT2D eigenvalue weighted by Gasteiger charge is -2.21. The summed E-state index contributed by atoms with van der Waals surface area (Å²) in [5, 5.41) is 0. The van der Waals surface area contributed by atoms with Gasteiger partial charge in [0.25, 0.3) is 0 Å². The molecule has 7 heteroatoms. The molecule has 0 unspecified atom stereocenters. The molecule has 0 aliphatic carbocycles. The first-order chi connectivity index (χ1) is 11.4. The molecule has 0 bridgehead atoms. The van der Waals surface area contributed by atoms with E-state index in [2.05, 4.69) is 0 Å². The van der Waals surface area contributed by atoms with Gasteiger partial charge in [0.15, 0.2) is 0 Å². The second-order valence-corrected chi connectivity index (χ2v) is 7.12. The second-order valence-electron chi connectivity index (χ2n) is 5.26. The Kier molecular flexibility index (Phi) is 6.03. The Balaban J connectivity index is 2.15. The van der Waals surface area contributed by atoms with E-state index >= 15 is 0 Å². The molecular weight excluding hydrogens is 330 g/mol. The molecule has 0 atom stereocenters. The Labute approximate surface area is 142 Å². The lowest BCUT2D eigenvalue weighted by atomic mass is 10.2. The molecule has 2 rings (SSSR count). The Morgan fingerprint density at radius 1 is 1.17 bits per heavy atom. The summed E-state index contributed by atoms with van der Waals surface area (Å²) in [7, 11) is -3.58. The van der Waals surface area contributed by atoms with Crippen molar-refractivity contribution in [2.45, 2.75) is 33.4 Å². The molecule has 0 saturated heterocycles. The van der Waals surface area contributed by atoms with Gasteiger partial charge in [-0.05, 0) is 36.8 Å². The van der Waals surface area contributed by atoms with E-state index in [0.717, 1.165) is 5.56 Å². The standard InChI is InChI=1S/C17H21NO5S/c1-3-17(19)18(13-16-9-6-10-22-16)12-14-7-5-8-15(11-14)23-24(20,21)4-2/h5-11H,3-4,12-13H2,1-2H3. The molecule has 0 spiro atoms. The van der Waals surface area contributed by atoms with Crippen molar-refractivity contribution >= 4 is 16.0 Å². The summed E-state index contributed by atoms with van der Waals surface area (Å²) in [6.45, 7) is 4.02. The molecule has 1 aromatic heterocycles. The van der Waals surface area contributed by atoms with Gasteiger partial charge in [0, 0.05) is 13.0 Å². The zero-order chi connectivity index (χ0) is 17.6. The van der Waals surface area contributed by atoms with Gasteiger partial charge in [-0.25, -0.2) is 0 Å². The predicted molar refractivity (Wildman–Crippen MR) is 89.8 cm³/mol. The van der Waals surface area contributed by atoms with E-state index in [4.69, 9.17) is 8.60 Å². The zero-order valence-electron chi connectivity index (χ0n) is 13.8. The van der Waals surface area contributed by atoms with Gasteiger partial charge in [-0.2, -0.15) is 8.42 Å². The molecule has 0 radical (unpaired) electrons. The fourth-order valence-corrected chi connectivity index (χ4v) is 2.68. The number of hydrogen-bond acceptors (Lipinski definition) is 5. The van der Waals surface area contributed by atoms with Crippen molar-refractivity contribution in [2.24, 2.45) is 0 Å². The maximum Gasteiger partial charge on any atom is 0.308 e. The van der Waals surface area contributed by atoms with Crippen molar-refractivity contribution in [2.75, 3.05) is 5.75 Å². The number of carbonyl (C=O) groups excluding carboxylic acids is 1. The van der Waals surface area contributed by atoms with Gasteiger partial charge in [-0.15, -0.1) is 0 Å². The van der Waals surface area contributed by atoms with Crippen LogP contribution in [0.15, 0.2) is 47.1 Å². The number of rotatable bonds is 8. The summed E-state index contributed by atoms with van der Waals surface area (Å²) in [4.78, 5) is 13.8. The summed E-state index contributed by atoms with van der Waals surface area (Å²) in [5.74, 6) is 0.823. The third-order valence-electron chi connectivity index (χ3n) is 3.43. The highest BCUT2D eigenvalue weighted by molar-refractivity contribution is 7.87. The molecule has 24 heavy (non-hydrogen) atoms. The number of nitrogens with zero attached hydrogens (tertiary/aromatic N) is 1. The third-order valence-corrected chi connectivity index (χ3v) is 4.58. The molecule has 0 fully saturated rings. The van der Waals surface area contributed by atoms with Crippen LogP contribution in [0, 0.1) is 0 Å². The zero-order valence-corrected chi connectivity index (χ0v) is 14.6. The van der Waals surface area contributed by atoms with Gasteiger partial charge >= 0.3 is 10.1 Å². The molecular formula is C17H21NO5S. The first-order valence-corrected chi connectivity index (χ1v) is 9.32. The number of hydrogen-bond donors (Lipinski definition) is 0. The second kappa shape index (κ2) is 8.01. The Bertz CT molecular complexity index is 768. The van der Waals surface area contributed by atoms with Crippen LogP contribution in [-0.2, 0) is 28.0 Å². The molecule has 130 valence electrons. The van der Waals surface area contributed by atoms with E-state index in [1.165, 1.54) is 6.92 Å².